The number of nitrogens with two attached hydrogens (primary N) is 1. The lowest BCUT2D eigenvalue weighted by molar-refractivity contribution is 0.0607. The summed E-state index contributed by atoms with van der Waals surface area (Å²) in [6.07, 6.45) is 0. The number of nitrogen functional groups attached to an aromatic ring is 1. The van der Waals surface area contributed by atoms with E-state index >= 15 is 0 Å². The number of anilines is 1. The molecule has 3 nitrogen and oxygen atoms in total. The molecule has 0 saturated heterocycles. The van der Waals surface area contributed by atoms with E-state index in [1.807, 2.05) is 19.1 Å². The number of esters is 1. The van der Waals surface area contributed by atoms with Crippen molar-refractivity contribution in [1.29, 1.82) is 0 Å². The van der Waals surface area contributed by atoms with Crippen molar-refractivity contribution in [3.63, 3.8) is 0 Å². The lowest BCUT2D eigenvalue weighted by Crippen LogP contribution is -2.01. The molecular weight excluding hydrogens is 290 g/mol. The highest BCUT2D eigenvalue weighted by Gasteiger charge is 2.18. The van der Waals surface area contributed by atoms with Crippen LogP contribution in [0.2, 0.25) is 0 Å². The van der Waals surface area contributed by atoms with Gasteiger partial charge in [0.25, 0.3) is 0 Å². The lowest BCUT2D eigenvalue weighted by Gasteiger charge is -1.99. The van der Waals surface area contributed by atoms with Crippen LogP contribution in [-0.2, 0) is 4.74 Å². The molecule has 0 aliphatic heterocycles. The first-order valence-corrected chi connectivity index (χ1v) is 6.22. The third-order valence-corrected chi connectivity index (χ3v) is 3.95. The molecule has 2 aromatic rings. The minimum absolute atomic E-state index is 0.380. The quantitative estimate of drug-likeness (QED) is 0.822. The van der Waals surface area contributed by atoms with Crippen molar-refractivity contribution in [2.75, 3.05) is 12.8 Å². The number of carbonyl (C=O) groups excluding carboxylic acids is 1. The van der Waals surface area contributed by atoms with Crippen molar-refractivity contribution in [2.24, 2.45) is 0 Å². The number of methoxy groups -OCH3 is 1. The van der Waals surface area contributed by atoms with Gasteiger partial charge in [0.1, 0.15) is 4.88 Å². The standard InChI is InChI=1S/C11H10BrNO2S/c1-5-3-6(12)4-7-8(5)9(13)10(16-7)11(14)15-2/h3-4H,13H2,1-2H3. The van der Waals surface area contributed by atoms with Crippen LogP contribution in [-0.4, -0.2) is 13.1 Å². The lowest BCUT2D eigenvalue weighted by atomic mass is 10.1. The number of ether oxygens (including phenoxy) is 1. The summed E-state index contributed by atoms with van der Waals surface area (Å²) in [6.45, 7) is 1.97. The smallest absolute Gasteiger partial charge is 0.350 e. The molecule has 0 radical (unpaired) electrons. The molecule has 1 heterocycles. The molecule has 0 aliphatic carbocycles. The summed E-state index contributed by atoms with van der Waals surface area (Å²) >= 11 is 4.78. The summed E-state index contributed by atoms with van der Waals surface area (Å²) in [5.41, 5.74) is 7.52. The molecule has 0 unspecified atom stereocenters. The Labute approximate surface area is 105 Å². The van der Waals surface area contributed by atoms with E-state index in [2.05, 4.69) is 15.9 Å². The Balaban J connectivity index is 2.78. The molecular formula is C11H10BrNO2S. The summed E-state index contributed by atoms with van der Waals surface area (Å²) in [7, 11) is 1.36. The van der Waals surface area contributed by atoms with Gasteiger partial charge in [0.05, 0.1) is 12.8 Å². The summed E-state index contributed by atoms with van der Waals surface area (Å²) in [5, 5.41) is 0.939. The van der Waals surface area contributed by atoms with Crippen LogP contribution in [0.5, 0.6) is 0 Å². The molecule has 0 bridgehead atoms. The second-order valence-electron chi connectivity index (χ2n) is 3.43. The van der Waals surface area contributed by atoms with Gasteiger partial charge < -0.3 is 10.5 Å². The minimum atomic E-state index is -0.380. The third kappa shape index (κ3) is 1.70. The maximum atomic E-state index is 11.5. The van der Waals surface area contributed by atoms with E-state index in [0.29, 0.717) is 10.6 Å². The van der Waals surface area contributed by atoms with Crippen LogP contribution < -0.4 is 5.73 Å². The Morgan fingerprint density at radius 2 is 2.19 bits per heavy atom. The number of aryl methyl sites for hydroxylation is 1. The van der Waals surface area contributed by atoms with E-state index in [-0.39, 0.29) is 5.97 Å². The summed E-state index contributed by atoms with van der Waals surface area (Å²) < 4.78 is 6.67. The van der Waals surface area contributed by atoms with Crippen LogP contribution in [0.15, 0.2) is 16.6 Å². The molecule has 0 fully saturated rings. The highest BCUT2D eigenvalue weighted by Crippen LogP contribution is 2.37. The molecule has 5 heteroatoms. The van der Waals surface area contributed by atoms with Gasteiger partial charge >= 0.3 is 5.97 Å². The molecule has 16 heavy (non-hydrogen) atoms. The molecule has 1 aromatic carbocycles. The van der Waals surface area contributed by atoms with Crippen molar-refractivity contribution in [3.05, 3.63) is 27.0 Å². The van der Waals surface area contributed by atoms with Crippen molar-refractivity contribution in [2.45, 2.75) is 6.92 Å². The number of benzene rings is 1. The molecule has 2 rings (SSSR count). The van der Waals surface area contributed by atoms with Crippen LogP contribution >= 0.6 is 27.3 Å². The average Bonchev–Trinajstić information content (AvgIpc) is 2.54. The first-order chi connectivity index (χ1) is 7.54. The Morgan fingerprint density at radius 1 is 1.50 bits per heavy atom. The molecule has 0 atom stereocenters. The fourth-order valence-electron chi connectivity index (χ4n) is 1.66. The van der Waals surface area contributed by atoms with Gasteiger partial charge in [-0.15, -0.1) is 11.3 Å². The summed E-state index contributed by atoms with van der Waals surface area (Å²) in [5.74, 6) is -0.380. The first-order valence-electron chi connectivity index (χ1n) is 4.61. The van der Waals surface area contributed by atoms with Crippen molar-refractivity contribution in [1.82, 2.24) is 0 Å². The van der Waals surface area contributed by atoms with Gasteiger partial charge in [-0.2, -0.15) is 0 Å². The van der Waals surface area contributed by atoms with Gasteiger partial charge in [0.15, 0.2) is 0 Å². The molecule has 0 spiro atoms. The number of hydrogen-bond acceptors (Lipinski definition) is 4. The fourth-order valence-corrected chi connectivity index (χ4v) is 3.54. The van der Waals surface area contributed by atoms with Gasteiger partial charge in [0.2, 0.25) is 0 Å². The molecule has 0 amide bonds. The topological polar surface area (TPSA) is 52.3 Å². The van der Waals surface area contributed by atoms with Crippen LogP contribution in [0.25, 0.3) is 10.1 Å². The van der Waals surface area contributed by atoms with E-state index in [0.717, 1.165) is 20.1 Å². The van der Waals surface area contributed by atoms with Gasteiger partial charge in [-0.05, 0) is 24.6 Å². The number of halogens is 1. The monoisotopic (exact) mass is 299 g/mol. The number of fused-ring (bicyclic) bond motifs is 1. The summed E-state index contributed by atoms with van der Waals surface area (Å²) in [4.78, 5) is 12.0. The largest absolute Gasteiger partial charge is 0.465 e. The number of carbonyl (C=O) groups is 1. The van der Waals surface area contributed by atoms with Crippen LogP contribution in [0.4, 0.5) is 5.69 Å². The van der Waals surface area contributed by atoms with Gasteiger partial charge in [-0.3, -0.25) is 0 Å². The zero-order chi connectivity index (χ0) is 11.9. The highest BCUT2D eigenvalue weighted by molar-refractivity contribution is 9.10. The predicted molar refractivity (Wildman–Crippen MR) is 70.0 cm³/mol. The van der Waals surface area contributed by atoms with Crippen LogP contribution in [0.1, 0.15) is 15.2 Å². The number of thiophene rings is 1. The third-order valence-electron chi connectivity index (χ3n) is 2.36. The van der Waals surface area contributed by atoms with E-state index in [1.165, 1.54) is 18.4 Å². The van der Waals surface area contributed by atoms with Crippen LogP contribution in [0.3, 0.4) is 0 Å². The number of hydrogen-bond donors (Lipinski definition) is 1. The van der Waals surface area contributed by atoms with E-state index in [9.17, 15) is 4.79 Å². The first kappa shape index (κ1) is 11.4. The van der Waals surface area contributed by atoms with Crippen LogP contribution in [0, 0.1) is 6.92 Å². The average molecular weight is 300 g/mol. The Kier molecular flexibility index (Phi) is 2.90. The zero-order valence-corrected chi connectivity index (χ0v) is 11.2. The second kappa shape index (κ2) is 4.07. The van der Waals surface area contributed by atoms with E-state index in [1.54, 1.807) is 0 Å². The highest BCUT2D eigenvalue weighted by atomic mass is 79.9. The molecule has 0 aliphatic rings. The molecule has 84 valence electrons. The Morgan fingerprint density at radius 3 is 2.81 bits per heavy atom. The van der Waals surface area contributed by atoms with Gasteiger partial charge in [0, 0.05) is 14.6 Å². The predicted octanol–water partition coefficient (Wildman–Crippen LogP) is 3.34. The maximum absolute atomic E-state index is 11.5. The SMILES string of the molecule is COC(=O)c1sc2cc(Br)cc(C)c2c1N. The molecule has 1 aromatic heterocycles. The van der Waals surface area contributed by atoms with Gasteiger partial charge in [-0.1, -0.05) is 15.9 Å². The van der Waals surface area contributed by atoms with E-state index < -0.39 is 0 Å². The fraction of sp³-hybridized carbons (Fsp3) is 0.182. The van der Waals surface area contributed by atoms with Gasteiger partial charge in [-0.25, -0.2) is 4.79 Å². The van der Waals surface area contributed by atoms with Crippen molar-refractivity contribution < 1.29 is 9.53 Å². The summed E-state index contributed by atoms with van der Waals surface area (Å²) in [6, 6.07) is 3.93. The number of rotatable bonds is 1. The second-order valence-corrected chi connectivity index (χ2v) is 5.40. The van der Waals surface area contributed by atoms with E-state index in [4.69, 9.17) is 10.5 Å². The normalized spacial score (nSPS) is 10.7. The minimum Gasteiger partial charge on any atom is -0.465 e. The van der Waals surface area contributed by atoms with Crippen molar-refractivity contribution >= 4 is 49.0 Å². The Bertz CT molecular complexity index is 577. The molecule has 2 N–H and O–H groups in total. The van der Waals surface area contributed by atoms with Crippen molar-refractivity contribution in [3.8, 4) is 0 Å². The maximum Gasteiger partial charge on any atom is 0.350 e. The molecule has 0 saturated carbocycles. The Hall–Kier alpha value is -1.07. The zero-order valence-electron chi connectivity index (χ0n) is 8.83.